The average molecular weight is 548 g/mol. The van der Waals surface area contributed by atoms with E-state index in [0.29, 0.717) is 37.1 Å². The third-order valence-electron chi connectivity index (χ3n) is 7.72. The molecule has 208 valence electrons. The van der Waals surface area contributed by atoms with Gasteiger partial charge in [0.15, 0.2) is 0 Å². The number of benzene rings is 3. The number of hydrogen-bond donors (Lipinski definition) is 1. The lowest BCUT2D eigenvalue weighted by Gasteiger charge is -2.41. The fourth-order valence-corrected chi connectivity index (χ4v) is 5.52. The third kappa shape index (κ3) is 6.89. The topological polar surface area (TPSA) is 102 Å². The van der Waals surface area contributed by atoms with Gasteiger partial charge in [0.2, 0.25) is 0 Å². The number of aromatic nitrogens is 2. The molecule has 4 aromatic rings. The molecule has 8 nitrogen and oxygen atoms in total. The molecule has 0 radical (unpaired) electrons. The minimum absolute atomic E-state index is 0.188. The van der Waals surface area contributed by atoms with Gasteiger partial charge in [-0.2, -0.15) is 5.26 Å². The van der Waals surface area contributed by atoms with Gasteiger partial charge in [-0.3, -0.25) is 9.69 Å². The Balaban J connectivity index is 1.29. The van der Waals surface area contributed by atoms with Crippen LogP contribution in [0.3, 0.4) is 0 Å². The van der Waals surface area contributed by atoms with Crippen molar-refractivity contribution in [3.8, 4) is 6.07 Å². The molecule has 1 amide bonds. The van der Waals surface area contributed by atoms with Crippen molar-refractivity contribution in [2.45, 2.75) is 44.4 Å². The number of likely N-dealkylation sites (tertiary alicyclic amines) is 1. The number of amides is 1. The van der Waals surface area contributed by atoms with Crippen molar-refractivity contribution < 1.29 is 14.7 Å². The van der Waals surface area contributed by atoms with Gasteiger partial charge in [-0.05, 0) is 48.2 Å². The lowest BCUT2D eigenvalue weighted by Crippen LogP contribution is -2.55. The highest BCUT2D eigenvalue weighted by Gasteiger charge is 2.37. The molecule has 1 N–H and O–H groups in total. The fourth-order valence-electron chi connectivity index (χ4n) is 5.52. The highest BCUT2D eigenvalue weighted by molar-refractivity contribution is 5.97. The number of hydrogen-bond acceptors (Lipinski definition) is 5. The van der Waals surface area contributed by atoms with Crippen LogP contribution in [0.1, 0.15) is 45.6 Å². The predicted molar refractivity (Wildman–Crippen MR) is 155 cm³/mol. The number of nitriles is 1. The van der Waals surface area contributed by atoms with Gasteiger partial charge in [-0.25, -0.2) is 9.78 Å². The normalized spacial score (nSPS) is 14.7. The Morgan fingerprint density at radius 1 is 0.927 bits per heavy atom. The number of piperidine rings is 1. The summed E-state index contributed by atoms with van der Waals surface area (Å²) in [7, 11) is 0. The summed E-state index contributed by atoms with van der Waals surface area (Å²) >= 11 is 0. The van der Waals surface area contributed by atoms with E-state index in [2.05, 4.69) is 20.5 Å². The standard InChI is InChI=1S/C33H33N5O3/c34-20-26-11-13-27(14-12-26)22-37-24-35-21-30(37)23-36-17-15-29(16-18-36)38(32(39)28-9-5-2-6-10-28)31(33(40)41)19-25-7-3-1-4-8-25/h1-14,21,24,29,31H,15-19,22-23H2,(H,40,41)/t31-/m0/s1. The summed E-state index contributed by atoms with van der Waals surface area (Å²) in [5.41, 5.74) is 4.20. The van der Waals surface area contributed by atoms with Gasteiger partial charge < -0.3 is 14.6 Å². The maximum atomic E-state index is 13.8. The number of carbonyl (C=O) groups is 2. The highest BCUT2D eigenvalue weighted by atomic mass is 16.4. The van der Waals surface area contributed by atoms with Gasteiger partial charge in [0.05, 0.1) is 23.7 Å². The maximum Gasteiger partial charge on any atom is 0.326 e. The van der Waals surface area contributed by atoms with E-state index in [1.807, 2.05) is 85.3 Å². The van der Waals surface area contributed by atoms with Crippen molar-refractivity contribution in [2.75, 3.05) is 13.1 Å². The zero-order chi connectivity index (χ0) is 28.6. The van der Waals surface area contributed by atoms with Crippen LogP contribution < -0.4 is 0 Å². The monoisotopic (exact) mass is 547 g/mol. The Bertz CT molecular complexity index is 1490. The first-order valence-corrected chi connectivity index (χ1v) is 13.9. The number of rotatable bonds is 10. The van der Waals surface area contributed by atoms with Crippen LogP contribution in [0, 0.1) is 11.3 Å². The van der Waals surface area contributed by atoms with E-state index in [-0.39, 0.29) is 18.4 Å². The summed E-state index contributed by atoms with van der Waals surface area (Å²) < 4.78 is 2.11. The summed E-state index contributed by atoms with van der Waals surface area (Å²) in [5.74, 6) is -1.24. The van der Waals surface area contributed by atoms with Crippen molar-refractivity contribution in [3.63, 3.8) is 0 Å². The summed E-state index contributed by atoms with van der Waals surface area (Å²) in [6.07, 6.45) is 5.31. The molecular formula is C33H33N5O3. The van der Waals surface area contributed by atoms with E-state index >= 15 is 0 Å². The molecular weight excluding hydrogens is 514 g/mol. The number of nitrogens with zero attached hydrogens (tertiary/aromatic N) is 5. The van der Waals surface area contributed by atoms with E-state index in [0.717, 1.165) is 29.9 Å². The van der Waals surface area contributed by atoms with E-state index in [4.69, 9.17) is 5.26 Å². The molecule has 1 aliphatic heterocycles. The van der Waals surface area contributed by atoms with Crippen LogP contribution in [-0.4, -0.2) is 61.5 Å². The molecule has 0 bridgehead atoms. The second-order valence-corrected chi connectivity index (χ2v) is 10.5. The molecule has 2 heterocycles. The van der Waals surface area contributed by atoms with E-state index in [1.165, 1.54) is 0 Å². The summed E-state index contributed by atoms with van der Waals surface area (Å²) in [4.78, 5) is 34.7. The minimum Gasteiger partial charge on any atom is -0.480 e. The summed E-state index contributed by atoms with van der Waals surface area (Å²) in [5, 5.41) is 19.4. The van der Waals surface area contributed by atoms with Crippen molar-refractivity contribution >= 4 is 11.9 Å². The SMILES string of the molecule is N#Cc1ccc(Cn2cncc2CN2CCC(N(C(=O)c3ccccc3)[C@@H](Cc3ccccc3)C(=O)O)CC2)cc1. The number of carboxylic acid groups (broad SMARTS) is 1. The molecule has 1 atom stereocenters. The molecule has 1 saturated heterocycles. The van der Waals surface area contributed by atoms with Gasteiger partial charge >= 0.3 is 5.97 Å². The van der Waals surface area contributed by atoms with Gasteiger partial charge in [0.1, 0.15) is 6.04 Å². The van der Waals surface area contributed by atoms with Crippen LogP contribution in [0.4, 0.5) is 0 Å². The van der Waals surface area contributed by atoms with Crippen molar-refractivity contribution in [3.05, 3.63) is 125 Å². The van der Waals surface area contributed by atoms with Gasteiger partial charge in [0, 0.05) is 50.4 Å². The quantitative estimate of drug-likeness (QED) is 0.311. The minimum atomic E-state index is -0.993. The van der Waals surface area contributed by atoms with Crippen molar-refractivity contribution in [2.24, 2.45) is 0 Å². The molecule has 3 aromatic carbocycles. The number of aliphatic carboxylic acids is 1. The summed E-state index contributed by atoms with van der Waals surface area (Å²) in [6.45, 7) is 2.85. The molecule has 1 aliphatic rings. The van der Waals surface area contributed by atoms with E-state index in [9.17, 15) is 14.7 Å². The van der Waals surface area contributed by atoms with Crippen LogP contribution in [0.5, 0.6) is 0 Å². The molecule has 8 heteroatoms. The highest BCUT2D eigenvalue weighted by Crippen LogP contribution is 2.25. The summed E-state index contributed by atoms with van der Waals surface area (Å²) in [6, 6.07) is 27.0. The Morgan fingerprint density at radius 2 is 1.59 bits per heavy atom. The maximum absolute atomic E-state index is 13.8. The molecule has 41 heavy (non-hydrogen) atoms. The number of carbonyl (C=O) groups excluding carboxylic acids is 1. The largest absolute Gasteiger partial charge is 0.480 e. The smallest absolute Gasteiger partial charge is 0.326 e. The van der Waals surface area contributed by atoms with E-state index < -0.39 is 12.0 Å². The Hall–Kier alpha value is -4.74. The second kappa shape index (κ2) is 13.1. The molecule has 0 aliphatic carbocycles. The molecule has 1 fully saturated rings. The Kier molecular flexibility index (Phi) is 8.87. The van der Waals surface area contributed by atoms with Crippen molar-refractivity contribution in [1.82, 2.24) is 19.4 Å². The Morgan fingerprint density at radius 3 is 2.22 bits per heavy atom. The molecule has 5 rings (SSSR count). The molecule has 0 unspecified atom stereocenters. The van der Waals surface area contributed by atoms with Crippen molar-refractivity contribution in [1.29, 1.82) is 5.26 Å². The first-order valence-electron chi connectivity index (χ1n) is 13.9. The molecule has 1 aromatic heterocycles. The number of imidazole rings is 1. The average Bonchev–Trinajstić information content (AvgIpc) is 3.44. The van der Waals surface area contributed by atoms with Gasteiger partial charge in [-0.1, -0.05) is 60.7 Å². The zero-order valence-corrected chi connectivity index (χ0v) is 22.8. The first kappa shape index (κ1) is 27.8. The lowest BCUT2D eigenvalue weighted by molar-refractivity contribution is -0.143. The molecule has 0 saturated carbocycles. The third-order valence-corrected chi connectivity index (χ3v) is 7.72. The number of carboxylic acids is 1. The van der Waals surface area contributed by atoms with Crippen LogP contribution in [0.2, 0.25) is 0 Å². The van der Waals surface area contributed by atoms with Crippen LogP contribution in [0.15, 0.2) is 97.5 Å². The van der Waals surface area contributed by atoms with Gasteiger partial charge in [0.25, 0.3) is 5.91 Å². The first-order chi connectivity index (χ1) is 20.0. The van der Waals surface area contributed by atoms with E-state index in [1.54, 1.807) is 17.0 Å². The lowest BCUT2D eigenvalue weighted by atomic mass is 9.96. The predicted octanol–water partition coefficient (Wildman–Crippen LogP) is 4.61. The fraction of sp³-hybridized carbons (Fsp3) is 0.273. The zero-order valence-electron chi connectivity index (χ0n) is 22.8. The Labute approximate surface area is 240 Å². The van der Waals surface area contributed by atoms with Gasteiger partial charge in [-0.15, -0.1) is 0 Å². The second-order valence-electron chi connectivity index (χ2n) is 10.5. The molecule has 0 spiro atoms. The van der Waals surface area contributed by atoms with Crippen LogP contribution in [-0.2, 0) is 24.3 Å². The van der Waals surface area contributed by atoms with Crippen LogP contribution >= 0.6 is 0 Å². The van der Waals surface area contributed by atoms with Crippen LogP contribution in [0.25, 0.3) is 0 Å².